The number of pyridine rings is 1. The molecule has 2 rings (SSSR count). The van der Waals surface area contributed by atoms with Gasteiger partial charge in [-0.2, -0.15) is 0 Å². The fourth-order valence-electron chi connectivity index (χ4n) is 1.86. The fraction of sp³-hybridized carbons (Fsp3) is 0.545. The predicted octanol–water partition coefficient (Wildman–Crippen LogP) is -0.518. The van der Waals surface area contributed by atoms with Crippen molar-refractivity contribution >= 4 is 15.8 Å². The van der Waals surface area contributed by atoms with Crippen molar-refractivity contribution in [2.75, 3.05) is 18.9 Å². The van der Waals surface area contributed by atoms with Crippen molar-refractivity contribution in [1.29, 1.82) is 0 Å². The van der Waals surface area contributed by atoms with E-state index in [1.54, 1.807) is 6.92 Å². The van der Waals surface area contributed by atoms with Crippen LogP contribution in [0.15, 0.2) is 23.2 Å². The first-order valence-corrected chi connectivity index (χ1v) is 7.37. The summed E-state index contributed by atoms with van der Waals surface area (Å²) in [4.78, 5) is 3.74. The Labute approximate surface area is 111 Å². The Morgan fingerprint density at radius 3 is 2.89 bits per heavy atom. The van der Waals surface area contributed by atoms with Gasteiger partial charge in [0.05, 0.1) is 6.10 Å². The second kappa shape index (κ2) is 5.04. The van der Waals surface area contributed by atoms with Crippen LogP contribution in [0.3, 0.4) is 0 Å². The molecule has 1 aliphatic heterocycles. The number of hydrogen-bond donors (Lipinski definition) is 3. The van der Waals surface area contributed by atoms with Gasteiger partial charge in [-0.25, -0.2) is 18.1 Å². The number of nitrogens with one attached hydrogen (secondary N) is 1. The number of sulfonamides is 1. The van der Waals surface area contributed by atoms with E-state index in [0.717, 1.165) is 0 Å². The highest BCUT2D eigenvalue weighted by Gasteiger charge is 2.40. The summed E-state index contributed by atoms with van der Waals surface area (Å²) >= 11 is 0. The van der Waals surface area contributed by atoms with Gasteiger partial charge in [0.2, 0.25) is 10.0 Å². The lowest BCUT2D eigenvalue weighted by molar-refractivity contribution is -0.0228. The van der Waals surface area contributed by atoms with Gasteiger partial charge >= 0.3 is 0 Å². The standard InChI is InChI=1S/C11H17N3O4S/c1-8-11(15,4-5-18-8)7-14-19(16,17)9-2-3-10(12)13-6-9/h2-3,6,8,14-15H,4-5,7H2,1H3,(H2,12,13). The average Bonchev–Trinajstić information content (AvgIpc) is 2.69. The molecule has 106 valence electrons. The molecular weight excluding hydrogens is 270 g/mol. The molecular formula is C11H17N3O4S. The van der Waals surface area contributed by atoms with Gasteiger partial charge in [0.25, 0.3) is 0 Å². The predicted molar refractivity (Wildman–Crippen MR) is 68.8 cm³/mol. The maximum atomic E-state index is 12.0. The van der Waals surface area contributed by atoms with Gasteiger partial charge in [-0.05, 0) is 19.1 Å². The summed E-state index contributed by atoms with van der Waals surface area (Å²) in [6.07, 6.45) is 1.17. The van der Waals surface area contributed by atoms with Crippen LogP contribution in [0.1, 0.15) is 13.3 Å². The Balaban J connectivity index is 2.08. The van der Waals surface area contributed by atoms with Gasteiger partial charge in [0, 0.05) is 25.8 Å². The first-order valence-electron chi connectivity index (χ1n) is 5.89. The first kappa shape index (κ1) is 14.2. The Kier molecular flexibility index (Phi) is 3.77. The Morgan fingerprint density at radius 1 is 1.63 bits per heavy atom. The normalized spacial score (nSPS) is 27.6. The molecule has 1 saturated heterocycles. The minimum Gasteiger partial charge on any atom is -0.386 e. The first-order chi connectivity index (χ1) is 8.83. The van der Waals surface area contributed by atoms with Crippen molar-refractivity contribution in [3.05, 3.63) is 18.3 Å². The van der Waals surface area contributed by atoms with Gasteiger partial charge in [0.15, 0.2) is 0 Å². The molecule has 4 N–H and O–H groups in total. The van der Waals surface area contributed by atoms with Crippen LogP contribution in [-0.4, -0.2) is 43.4 Å². The van der Waals surface area contributed by atoms with Crippen LogP contribution in [0.2, 0.25) is 0 Å². The van der Waals surface area contributed by atoms with E-state index in [1.807, 2.05) is 0 Å². The Bertz CT molecular complexity index is 546. The second-order valence-corrected chi connectivity index (χ2v) is 6.38. The van der Waals surface area contributed by atoms with Crippen LogP contribution in [0, 0.1) is 0 Å². The lowest BCUT2D eigenvalue weighted by Crippen LogP contribution is -2.47. The third-order valence-electron chi connectivity index (χ3n) is 3.30. The summed E-state index contributed by atoms with van der Waals surface area (Å²) in [6, 6.07) is 2.77. The second-order valence-electron chi connectivity index (χ2n) is 4.61. The summed E-state index contributed by atoms with van der Waals surface area (Å²) < 4.78 is 31.6. The summed E-state index contributed by atoms with van der Waals surface area (Å²) in [6.45, 7) is 2.04. The molecule has 1 aromatic rings. The summed E-state index contributed by atoms with van der Waals surface area (Å²) in [5, 5.41) is 10.2. The number of aliphatic hydroxyl groups is 1. The molecule has 0 amide bonds. The van der Waals surface area contributed by atoms with E-state index in [0.29, 0.717) is 13.0 Å². The number of hydrogen-bond acceptors (Lipinski definition) is 6. The molecule has 1 aliphatic rings. The van der Waals surface area contributed by atoms with Crippen molar-refractivity contribution in [2.24, 2.45) is 0 Å². The number of aromatic nitrogens is 1. The smallest absolute Gasteiger partial charge is 0.242 e. The number of nitrogens with two attached hydrogens (primary N) is 1. The van der Waals surface area contributed by atoms with E-state index in [9.17, 15) is 13.5 Å². The van der Waals surface area contributed by atoms with Crippen molar-refractivity contribution in [1.82, 2.24) is 9.71 Å². The average molecular weight is 287 g/mol. The van der Waals surface area contributed by atoms with Gasteiger partial charge in [-0.3, -0.25) is 0 Å². The number of nitrogens with zero attached hydrogens (tertiary/aromatic N) is 1. The van der Waals surface area contributed by atoms with Crippen molar-refractivity contribution in [3.63, 3.8) is 0 Å². The van der Waals surface area contributed by atoms with Crippen LogP contribution < -0.4 is 10.5 Å². The van der Waals surface area contributed by atoms with Gasteiger partial charge < -0.3 is 15.6 Å². The van der Waals surface area contributed by atoms with Gasteiger partial charge in [-0.1, -0.05) is 0 Å². The third kappa shape index (κ3) is 3.03. The molecule has 0 aromatic carbocycles. The van der Waals surface area contributed by atoms with Crippen LogP contribution in [0.4, 0.5) is 5.82 Å². The molecule has 0 bridgehead atoms. The molecule has 19 heavy (non-hydrogen) atoms. The quantitative estimate of drug-likeness (QED) is 0.686. The Morgan fingerprint density at radius 2 is 2.37 bits per heavy atom. The molecule has 0 aliphatic carbocycles. The van der Waals surface area contributed by atoms with Crippen LogP contribution >= 0.6 is 0 Å². The minimum absolute atomic E-state index is 0.0110. The lowest BCUT2D eigenvalue weighted by Gasteiger charge is -2.25. The molecule has 0 spiro atoms. The highest BCUT2D eigenvalue weighted by Crippen LogP contribution is 2.25. The molecule has 8 heteroatoms. The molecule has 1 aromatic heterocycles. The van der Waals surface area contributed by atoms with Crippen molar-refractivity contribution < 1.29 is 18.3 Å². The maximum Gasteiger partial charge on any atom is 0.242 e. The van der Waals surface area contributed by atoms with E-state index in [4.69, 9.17) is 10.5 Å². The zero-order valence-electron chi connectivity index (χ0n) is 10.5. The number of ether oxygens (including phenoxy) is 1. The van der Waals surface area contributed by atoms with Crippen LogP contribution in [0.5, 0.6) is 0 Å². The molecule has 2 atom stereocenters. The zero-order chi connectivity index (χ0) is 14.1. The monoisotopic (exact) mass is 287 g/mol. The highest BCUT2D eigenvalue weighted by molar-refractivity contribution is 7.89. The number of rotatable bonds is 4. The maximum absolute atomic E-state index is 12.0. The molecule has 0 saturated carbocycles. The highest BCUT2D eigenvalue weighted by atomic mass is 32.2. The van der Waals surface area contributed by atoms with E-state index in [2.05, 4.69) is 9.71 Å². The fourth-order valence-corrected chi connectivity index (χ4v) is 2.90. The van der Waals surface area contributed by atoms with Gasteiger partial charge in [-0.15, -0.1) is 0 Å². The Hall–Kier alpha value is -1.22. The molecule has 2 unspecified atom stereocenters. The summed E-state index contributed by atoms with van der Waals surface area (Å²) in [5.74, 6) is 0.246. The summed E-state index contributed by atoms with van der Waals surface area (Å²) in [5.41, 5.74) is 4.23. The third-order valence-corrected chi connectivity index (χ3v) is 4.68. The van der Waals surface area contributed by atoms with Crippen molar-refractivity contribution in [2.45, 2.75) is 29.9 Å². The summed E-state index contributed by atoms with van der Waals surface area (Å²) in [7, 11) is -3.71. The van der Waals surface area contributed by atoms with E-state index in [-0.39, 0.29) is 17.3 Å². The van der Waals surface area contributed by atoms with E-state index in [1.165, 1.54) is 18.3 Å². The number of nitrogen functional groups attached to an aromatic ring is 1. The minimum atomic E-state index is -3.71. The molecule has 2 heterocycles. The number of anilines is 1. The van der Waals surface area contributed by atoms with Gasteiger partial charge in [0.1, 0.15) is 16.3 Å². The molecule has 0 radical (unpaired) electrons. The molecule has 7 nitrogen and oxygen atoms in total. The largest absolute Gasteiger partial charge is 0.386 e. The molecule has 1 fully saturated rings. The van der Waals surface area contributed by atoms with Crippen molar-refractivity contribution in [3.8, 4) is 0 Å². The van der Waals surface area contributed by atoms with E-state index < -0.39 is 21.7 Å². The SMILES string of the molecule is CC1OCCC1(O)CNS(=O)(=O)c1ccc(N)nc1. The lowest BCUT2D eigenvalue weighted by atomic mass is 9.97. The van der Waals surface area contributed by atoms with Crippen LogP contribution in [-0.2, 0) is 14.8 Å². The van der Waals surface area contributed by atoms with Crippen LogP contribution in [0.25, 0.3) is 0 Å². The topological polar surface area (TPSA) is 115 Å². The van der Waals surface area contributed by atoms with E-state index >= 15 is 0 Å². The zero-order valence-corrected chi connectivity index (χ0v) is 11.4.